The highest BCUT2D eigenvalue weighted by atomic mass is 16.6. The van der Waals surface area contributed by atoms with E-state index in [1.54, 1.807) is 0 Å². The number of benzene rings is 2. The van der Waals surface area contributed by atoms with Gasteiger partial charge in [-0.2, -0.15) is 0 Å². The molecule has 1 aliphatic rings. The summed E-state index contributed by atoms with van der Waals surface area (Å²) in [7, 11) is 0. The Morgan fingerprint density at radius 2 is 1.72 bits per heavy atom. The summed E-state index contributed by atoms with van der Waals surface area (Å²) in [5, 5.41) is 19.1. The third kappa shape index (κ3) is 4.09. The fraction of sp³-hybridized carbons (Fsp3) is 0.263. The van der Waals surface area contributed by atoms with E-state index in [0.29, 0.717) is 5.56 Å². The van der Waals surface area contributed by atoms with Gasteiger partial charge in [0.2, 0.25) is 0 Å². The van der Waals surface area contributed by atoms with Crippen molar-refractivity contribution in [3.05, 3.63) is 65.7 Å². The summed E-state index contributed by atoms with van der Waals surface area (Å²) in [5.74, 6) is -1.09. The second-order valence-electron chi connectivity index (χ2n) is 6.01. The van der Waals surface area contributed by atoms with Crippen LogP contribution < -0.4 is 0 Å². The summed E-state index contributed by atoms with van der Waals surface area (Å²) in [6, 6.07) is 13.8. The van der Waals surface area contributed by atoms with Crippen LogP contribution in [0.2, 0.25) is 0 Å². The lowest BCUT2D eigenvalue weighted by molar-refractivity contribution is -0.143. The van der Waals surface area contributed by atoms with Crippen molar-refractivity contribution in [1.82, 2.24) is 4.90 Å². The van der Waals surface area contributed by atoms with Gasteiger partial charge in [0, 0.05) is 6.04 Å². The van der Waals surface area contributed by atoms with Crippen molar-refractivity contribution in [2.75, 3.05) is 0 Å². The molecule has 2 aromatic rings. The zero-order valence-electron chi connectivity index (χ0n) is 13.5. The first-order valence-corrected chi connectivity index (χ1v) is 8.07. The van der Waals surface area contributed by atoms with Crippen LogP contribution in [0.15, 0.2) is 54.6 Å². The predicted octanol–water partition coefficient (Wildman–Crippen LogP) is 3.32. The Balaban J connectivity index is 1.79. The van der Waals surface area contributed by atoms with Crippen LogP contribution in [-0.2, 0) is 16.1 Å². The average Bonchev–Trinajstić information content (AvgIpc) is 3.44. The lowest BCUT2D eigenvalue weighted by atomic mass is 10.1. The average molecular weight is 341 g/mol. The van der Waals surface area contributed by atoms with Crippen LogP contribution in [0.25, 0.3) is 0 Å². The summed E-state index contributed by atoms with van der Waals surface area (Å²) in [6.07, 6.45) is 0.858. The molecule has 1 fully saturated rings. The summed E-state index contributed by atoms with van der Waals surface area (Å²) in [4.78, 5) is 25.7. The van der Waals surface area contributed by atoms with Gasteiger partial charge in [0.05, 0.1) is 0 Å². The number of amides is 1. The van der Waals surface area contributed by atoms with E-state index in [1.807, 2.05) is 30.3 Å². The van der Waals surface area contributed by atoms with Crippen molar-refractivity contribution in [3.8, 4) is 5.75 Å². The zero-order chi connectivity index (χ0) is 17.8. The predicted molar refractivity (Wildman–Crippen MR) is 90.0 cm³/mol. The third-order valence-electron chi connectivity index (χ3n) is 4.08. The highest BCUT2D eigenvalue weighted by molar-refractivity contribution is 5.82. The number of carbonyl (C=O) groups is 2. The summed E-state index contributed by atoms with van der Waals surface area (Å²) in [5.41, 5.74) is 1.26. The fourth-order valence-corrected chi connectivity index (χ4v) is 2.69. The number of rotatable bonds is 6. The maximum atomic E-state index is 12.6. The van der Waals surface area contributed by atoms with Crippen LogP contribution in [-0.4, -0.2) is 33.2 Å². The van der Waals surface area contributed by atoms with Crippen LogP contribution >= 0.6 is 0 Å². The Labute approximate surface area is 145 Å². The molecule has 0 aliphatic heterocycles. The van der Waals surface area contributed by atoms with E-state index in [-0.39, 0.29) is 18.4 Å². The Morgan fingerprint density at radius 1 is 1.08 bits per heavy atom. The van der Waals surface area contributed by atoms with E-state index in [2.05, 4.69) is 0 Å². The first-order valence-electron chi connectivity index (χ1n) is 8.07. The Hall–Kier alpha value is -3.02. The van der Waals surface area contributed by atoms with Gasteiger partial charge >= 0.3 is 12.1 Å². The number of aliphatic carboxylic acids is 1. The second kappa shape index (κ2) is 7.25. The second-order valence-corrected chi connectivity index (χ2v) is 6.01. The molecule has 1 unspecified atom stereocenters. The molecule has 0 radical (unpaired) electrons. The number of phenolic OH excluding ortho intramolecular Hbond substituents is 1. The van der Waals surface area contributed by atoms with Crippen LogP contribution in [0.1, 0.15) is 30.0 Å². The molecule has 0 bridgehead atoms. The number of phenols is 1. The number of ether oxygens (including phenoxy) is 1. The normalized spacial score (nSPS) is 14.6. The minimum absolute atomic E-state index is 0.0394. The number of nitrogens with zero attached hydrogens (tertiary/aromatic N) is 1. The summed E-state index contributed by atoms with van der Waals surface area (Å²) < 4.78 is 5.34. The highest BCUT2D eigenvalue weighted by Crippen LogP contribution is 2.36. The standard InChI is InChI=1S/C19H19NO5/c21-16-10-6-14(7-11-16)17(18(22)23)20(15-8-9-15)19(24)25-12-13-4-2-1-3-5-13/h1-7,10-11,15,17,21H,8-9,12H2,(H,22,23). The molecule has 1 amide bonds. The van der Waals surface area contributed by atoms with Gasteiger partial charge in [-0.05, 0) is 36.1 Å². The number of hydrogen-bond donors (Lipinski definition) is 2. The van der Waals surface area contributed by atoms with Gasteiger partial charge in [0.25, 0.3) is 0 Å². The van der Waals surface area contributed by atoms with E-state index in [9.17, 15) is 19.8 Å². The molecule has 130 valence electrons. The Kier molecular flexibility index (Phi) is 4.88. The molecule has 6 nitrogen and oxygen atoms in total. The zero-order valence-corrected chi connectivity index (χ0v) is 13.5. The summed E-state index contributed by atoms with van der Waals surface area (Å²) in [6.45, 7) is 0.0881. The SMILES string of the molecule is O=C(O)C(c1ccc(O)cc1)N(C(=O)OCc1ccccc1)C1CC1. The van der Waals surface area contributed by atoms with E-state index < -0.39 is 18.1 Å². The Bertz CT molecular complexity index is 740. The molecule has 6 heteroatoms. The number of carboxylic acid groups (broad SMARTS) is 1. The van der Waals surface area contributed by atoms with Gasteiger partial charge in [-0.3, -0.25) is 4.90 Å². The van der Waals surface area contributed by atoms with Crippen LogP contribution in [0.4, 0.5) is 4.79 Å². The van der Waals surface area contributed by atoms with Crippen molar-refractivity contribution in [2.24, 2.45) is 0 Å². The van der Waals surface area contributed by atoms with E-state index in [0.717, 1.165) is 18.4 Å². The molecule has 1 atom stereocenters. The summed E-state index contributed by atoms with van der Waals surface area (Å²) >= 11 is 0. The molecule has 0 heterocycles. The fourth-order valence-electron chi connectivity index (χ4n) is 2.69. The number of carboxylic acids is 1. The topological polar surface area (TPSA) is 87.1 Å². The minimum atomic E-state index is -1.14. The maximum Gasteiger partial charge on any atom is 0.411 e. The molecule has 3 rings (SSSR count). The van der Waals surface area contributed by atoms with Crippen LogP contribution in [0.5, 0.6) is 5.75 Å². The molecule has 1 aliphatic carbocycles. The van der Waals surface area contributed by atoms with Crippen molar-refractivity contribution in [1.29, 1.82) is 0 Å². The van der Waals surface area contributed by atoms with Gasteiger partial charge in [-0.15, -0.1) is 0 Å². The molecule has 0 saturated heterocycles. The lowest BCUT2D eigenvalue weighted by Crippen LogP contribution is -2.40. The quantitative estimate of drug-likeness (QED) is 0.841. The van der Waals surface area contributed by atoms with Crippen molar-refractivity contribution in [3.63, 3.8) is 0 Å². The monoisotopic (exact) mass is 341 g/mol. The smallest absolute Gasteiger partial charge is 0.411 e. The molecular weight excluding hydrogens is 322 g/mol. The van der Waals surface area contributed by atoms with Crippen molar-refractivity contribution in [2.45, 2.75) is 31.5 Å². The molecule has 1 saturated carbocycles. The third-order valence-corrected chi connectivity index (χ3v) is 4.08. The van der Waals surface area contributed by atoms with Crippen molar-refractivity contribution < 1.29 is 24.5 Å². The van der Waals surface area contributed by atoms with Crippen LogP contribution in [0, 0.1) is 0 Å². The van der Waals surface area contributed by atoms with Gasteiger partial charge in [0.15, 0.2) is 6.04 Å². The minimum Gasteiger partial charge on any atom is -0.508 e. The lowest BCUT2D eigenvalue weighted by Gasteiger charge is -2.28. The molecule has 25 heavy (non-hydrogen) atoms. The van der Waals surface area contributed by atoms with Gasteiger partial charge in [0.1, 0.15) is 12.4 Å². The van der Waals surface area contributed by atoms with Crippen LogP contribution in [0.3, 0.4) is 0 Å². The van der Waals surface area contributed by atoms with E-state index >= 15 is 0 Å². The van der Waals surface area contributed by atoms with Gasteiger partial charge in [-0.25, -0.2) is 9.59 Å². The molecular formula is C19H19NO5. The first-order chi connectivity index (χ1) is 12.1. The molecule has 0 spiro atoms. The number of aromatic hydroxyl groups is 1. The first kappa shape index (κ1) is 16.8. The number of hydrogen-bond acceptors (Lipinski definition) is 4. The largest absolute Gasteiger partial charge is 0.508 e. The number of carbonyl (C=O) groups excluding carboxylic acids is 1. The molecule has 2 aromatic carbocycles. The molecule has 2 N–H and O–H groups in total. The highest BCUT2D eigenvalue weighted by Gasteiger charge is 2.42. The maximum absolute atomic E-state index is 12.6. The van der Waals surface area contributed by atoms with Gasteiger partial charge < -0.3 is 14.9 Å². The molecule has 0 aromatic heterocycles. The Morgan fingerprint density at radius 3 is 2.28 bits per heavy atom. The van der Waals surface area contributed by atoms with Crippen molar-refractivity contribution >= 4 is 12.1 Å². The van der Waals surface area contributed by atoms with E-state index in [4.69, 9.17) is 4.74 Å². The van der Waals surface area contributed by atoms with E-state index in [1.165, 1.54) is 29.2 Å². The van der Waals surface area contributed by atoms with Gasteiger partial charge in [-0.1, -0.05) is 42.5 Å².